The van der Waals surface area contributed by atoms with E-state index >= 15 is 0 Å². The van der Waals surface area contributed by atoms with Crippen LogP contribution < -0.4 is 0 Å². The van der Waals surface area contributed by atoms with Crippen LogP contribution in [0.5, 0.6) is 0 Å². The van der Waals surface area contributed by atoms with Gasteiger partial charge >= 0.3 is 0 Å². The van der Waals surface area contributed by atoms with E-state index < -0.39 is 29.9 Å². The number of hydrogen-bond donors (Lipinski definition) is 3. The van der Waals surface area contributed by atoms with Gasteiger partial charge in [-0.15, -0.1) is 0 Å². The number of rotatable bonds is 6. The van der Waals surface area contributed by atoms with E-state index in [0.717, 1.165) is 0 Å². The lowest BCUT2D eigenvalue weighted by Crippen LogP contribution is -2.56. The summed E-state index contributed by atoms with van der Waals surface area (Å²) in [6.07, 6.45) is -2.06. The van der Waals surface area contributed by atoms with Crippen molar-refractivity contribution in [2.75, 3.05) is 6.61 Å². The summed E-state index contributed by atoms with van der Waals surface area (Å²) >= 11 is 0. The van der Waals surface area contributed by atoms with E-state index in [4.69, 9.17) is 0 Å². The molecule has 2 aromatic carbocycles. The first-order valence-corrected chi connectivity index (χ1v) is 6.71. The van der Waals surface area contributed by atoms with Gasteiger partial charge in [-0.2, -0.15) is 0 Å². The van der Waals surface area contributed by atoms with Gasteiger partial charge in [-0.05, 0) is 0 Å². The molecule has 5 heteroatoms. The summed E-state index contributed by atoms with van der Waals surface area (Å²) in [7, 11) is 0. The first kappa shape index (κ1) is 16.0. The molecule has 0 radical (unpaired) electrons. The fraction of sp³-hybridized carbons (Fsp3) is 0.176. The molecule has 0 heterocycles. The molecule has 0 amide bonds. The largest absolute Gasteiger partial charge is 0.393 e. The van der Waals surface area contributed by atoms with Crippen molar-refractivity contribution in [3.8, 4) is 0 Å². The Hall–Kier alpha value is -2.34. The normalized spacial score (nSPS) is 14.9. The smallest absolute Gasteiger partial charge is 0.199 e. The zero-order valence-electron chi connectivity index (χ0n) is 11.7. The number of Topliss-reactive ketones (excluding diaryl/α,β-unsaturated/α-hetero) is 2. The Balaban J connectivity index is 2.33. The van der Waals surface area contributed by atoms with E-state index in [2.05, 4.69) is 0 Å². The third kappa shape index (κ3) is 2.96. The lowest BCUT2D eigenvalue weighted by Gasteiger charge is -2.28. The highest BCUT2D eigenvalue weighted by atomic mass is 16.4. The van der Waals surface area contributed by atoms with Gasteiger partial charge in [0.05, 0.1) is 6.61 Å². The molecular formula is C17H16O5. The van der Waals surface area contributed by atoms with E-state index in [0.29, 0.717) is 0 Å². The molecule has 0 fully saturated rings. The molecule has 0 aliphatic heterocycles. The molecular weight excluding hydrogens is 284 g/mol. The van der Waals surface area contributed by atoms with Crippen molar-refractivity contribution in [2.24, 2.45) is 0 Å². The van der Waals surface area contributed by atoms with Crippen LogP contribution in [0.4, 0.5) is 0 Å². The Labute approximate surface area is 127 Å². The molecule has 2 aromatic rings. The molecule has 5 nitrogen and oxygen atoms in total. The minimum absolute atomic E-state index is 0.0963. The van der Waals surface area contributed by atoms with Crippen molar-refractivity contribution in [3.05, 3.63) is 71.8 Å². The van der Waals surface area contributed by atoms with Crippen LogP contribution in [0.2, 0.25) is 0 Å². The Morgan fingerprint density at radius 3 is 1.82 bits per heavy atom. The predicted octanol–water partition coefficient (Wildman–Crippen LogP) is 0.837. The molecule has 3 N–H and O–H groups in total. The molecule has 0 aliphatic rings. The van der Waals surface area contributed by atoms with Gasteiger partial charge in [0.25, 0.3) is 0 Å². The topological polar surface area (TPSA) is 94.8 Å². The second kappa shape index (κ2) is 6.62. The Kier molecular flexibility index (Phi) is 4.82. The van der Waals surface area contributed by atoms with Crippen LogP contribution in [0.25, 0.3) is 0 Å². The van der Waals surface area contributed by atoms with Crippen molar-refractivity contribution < 1.29 is 24.9 Å². The quantitative estimate of drug-likeness (QED) is 0.687. The first-order chi connectivity index (χ1) is 10.5. The summed E-state index contributed by atoms with van der Waals surface area (Å²) < 4.78 is 0. The van der Waals surface area contributed by atoms with Crippen molar-refractivity contribution >= 4 is 11.6 Å². The maximum absolute atomic E-state index is 12.4. The third-order valence-corrected chi connectivity index (χ3v) is 3.43. The Bertz CT molecular complexity index is 653. The average Bonchev–Trinajstić information content (AvgIpc) is 2.60. The third-order valence-electron chi connectivity index (χ3n) is 3.43. The van der Waals surface area contributed by atoms with Crippen molar-refractivity contribution in [3.63, 3.8) is 0 Å². The molecule has 0 aromatic heterocycles. The van der Waals surface area contributed by atoms with Crippen LogP contribution in [0, 0.1) is 0 Å². The van der Waals surface area contributed by atoms with Crippen LogP contribution in [-0.2, 0) is 0 Å². The molecule has 0 saturated heterocycles. The number of carbonyl (C=O) groups excluding carboxylic acids is 2. The number of hydrogen-bond acceptors (Lipinski definition) is 5. The van der Waals surface area contributed by atoms with Gasteiger partial charge in [0.2, 0.25) is 0 Å². The number of aliphatic hydroxyl groups is 3. The van der Waals surface area contributed by atoms with Crippen LogP contribution >= 0.6 is 0 Å². The standard InChI is InChI=1S/C17H16O5/c18-11-17(22,15(20)13-9-5-2-6-10-13)16(21)14(19)12-7-3-1-4-8-12/h1-10,16,18,21-22H,11H2. The highest BCUT2D eigenvalue weighted by molar-refractivity contribution is 6.09. The molecule has 0 saturated carbocycles. The zero-order valence-corrected chi connectivity index (χ0v) is 11.7. The summed E-state index contributed by atoms with van der Waals surface area (Å²) in [6.45, 7) is -1.07. The lowest BCUT2D eigenvalue weighted by molar-refractivity contribution is -0.0642. The van der Waals surface area contributed by atoms with Gasteiger partial charge in [0.1, 0.15) is 0 Å². The van der Waals surface area contributed by atoms with E-state index in [9.17, 15) is 24.9 Å². The minimum Gasteiger partial charge on any atom is -0.393 e. The van der Waals surface area contributed by atoms with Crippen molar-refractivity contribution in [1.82, 2.24) is 0 Å². The molecule has 114 valence electrons. The summed E-state index contributed by atoms with van der Waals surface area (Å²) in [5.41, 5.74) is -2.35. The summed E-state index contributed by atoms with van der Waals surface area (Å²) in [5.74, 6) is -1.74. The highest BCUT2D eigenvalue weighted by Crippen LogP contribution is 2.21. The maximum atomic E-state index is 12.4. The average molecular weight is 300 g/mol. The minimum atomic E-state index is -2.59. The van der Waals surface area contributed by atoms with Gasteiger partial charge in [-0.1, -0.05) is 60.7 Å². The van der Waals surface area contributed by atoms with Crippen LogP contribution in [0.15, 0.2) is 60.7 Å². The van der Waals surface area contributed by atoms with Crippen LogP contribution in [-0.4, -0.2) is 45.2 Å². The fourth-order valence-corrected chi connectivity index (χ4v) is 2.10. The number of benzene rings is 2. The summed E-state index contributed by atoms with van der Waals surface area (Å²) in [5, 5.41) is 29.9. The van der Waals surface area contributed by atoms with Crippen LogP contribution in [0.1, 0.15) is 20.7 Å². The SMILES string of the molecule is O=C(c1ccccc1)C(O)C(O)(CO)C(=O)c1ccccc1. The first-order valence-electron chi connectivity index (χ1n) is 6.71. The molecule has 2 unspecified atom stereocenters. The van der Waals surface area contributed by atoms with E-state index in [1.54, 1.807) is 36.4 Å². The highest BCUT2D eigenvalue weighted by Gasteiger charge is 2.46. The monoisotopic (exact) mass is 300 g/mol. The van der Waals surface area contributed by atoms with E-state index in [1.807, 2.05) is 0 Å². The maximum Gasteiger partial charge on any atom is 0.199 e. The summed E-state index contributed by atoms with van der Waals surface area (Å²) in [6, 6.07) is 15.5. The van der Waals surface area contributed by atoms with Gasteiger partial charge in [-0.25, -0.2) is 0 Å². The number of aliphatic hydroxyl groups excluding tert-OH is 2. The Morgan fingerprint density at radius 1 is 0.909 bits per heavy atom. The lowest BCUT2D eigenvalue weighted by atomic mass is 9.84. The summed E-state index contributed by atoms with van der Waals surface area (Å²) in [4.78, 5) is 24.6. The predicted molar refractivity (Wildman–Crippen MR) is 79.6 cm³/mol. The Morgan fingerprint density at radius 2 is 1.36 bits per heavy atom. The molecule has 0 spiro atoms. The number of carbonyl (C=O) groups is 2. The second-order valence-electron chi connectivity index (χ2n) is 4.91. The van der Waals surface area contributed by atoms with E-state index in [1.165, 1.54) is 24.3 Å². The van der Waals surface area contributed by atoms with Gasteiger partial charge in [0.15, 0.2) is 23.3 Å². The van der Waals surface area contributed by atoms with Crippen LogP contribution in [0.3, 0.4) is 0 Å². The van der Waals surface area contributed by atoms with E-state index in [-0.39, 0.29) is 11.1 Å². The fourth-order valence-electron chi connectivity index (χ4n) is 2.10. The van der Waals surface area contributed by atoms with Crippen molar-refractivity contribution in [2.45, 2.75) is 11.7 Å². The molecule has 22 heavy (non-hydrogen) atoms. The van der Waals surface area contributed by atoms with Gasteiger partial charge < -0.3 is 15.3 Å². The second-order valence-corrected chi connectivity index (χ2v) is 4.91. The molecule has 2 atom stereocenters. The number of ketones is 2. The van der Waals surface area contributed by atoms with Gasteiger partial charge in [-0.3, -0.25) is 9.59 Å². The molecule has 0 aliphatic carbocycles. The molecule has 0 bridgehead atoms. The molecule has 2 rings (SSSR count). The zero-order chi connectivity index (χ0) is 16.2. The van der Waals surface area contributed by atoms with Gasteiger partial charge in [0, 0.05) is 11.1 Å². The van der Waals surface area contributed by atoms with Crippen molar-refractivity contribution in [1.29, 1.82) is 0 Å².